The summed E-state index contributed by atoms with van der Waals surface area (Å²) in [7, 11) is 0. The van der Waals surface area contributed by atoms with Gasteiger partial charge < -0.3 is 5.73 Å². The fourth-order valence-electron chi connectivity index (χ4n) is 3.44. The third-order valence-electron chi connectivity index (χ3n) is 4.58. The van der Waals surface area contributed by atoms with Crippen LogP contribution in [0.15, 0.2) is 6.20 Å². The third-order valence-corrected chi connectivity index (χ3v) is 4.58. The quantitative estimate of drug-likeness (QED) is 0.839. The van der Waals surface area contributed by atoms with E-state index in [9.17, 15) is 0 Å². The van der Waals surface area contributed by atoms with E-state index in [1.165, 1.54) is 38.8 Å². The second kappa shape index (κ2) is 6.65. The van der Waals surface area contributed by atoms with Gasteiger partial charge in [0.25, 0.3) is 0 Å². The first-order chi connectivity index (χ1) is 9.85. The second-order valence-corrected chi connectivity index (χ2v) is 6.01. The topological polar surface area (TPSA) is 63.2 Å². The van der Waals surface area contributed by atoms with E-state index >= 15 is 0 Å². The van der Waals surface area contributed by atoms with Crippen molar-refractivity contribution in [3.8, 4) is 0 Å². The Hall–Kier alpha value is -0.980. The van der Waals surface area contributed by atoms with Crippen molar-refractivity contribution < 1.29 is 0 Å². The molecule has 20 heavy (non-hydrogen) atoms. The monoisotopic (exact) mass is 278 g/mol. The lowest BCUT2D eigenvalue weighted by Gasteiger charge is -2.37. The molecule has 0 aromatic carbocycles. The van der Waals surface area contributed by atoms with Gasteiger partial charge in [0.2, 0.25) is 0 Å². The molecule has 112 valence electrons. The third kappa shape index (κ3) is 3.37. The Balaban J connectivity index is 1.45. The van der Waals surface area contributed by atoms with Crippen molar-refractivity contribution in [1.29, 1.82) is 0 Å². The van der Waals surface area contributed by atoms with E-state index in [4.69, 9.17) is 5.73 Å². The molecule has 1 saturated carbocycles. The summed E-state index contributed by atoms with van der Waals surface area (Å²) in [5, 5.41) is 8.33. The van der Waals surface area contributed by atoms with Crippen LogP contribution in [-0.4, -0.2) is 63.6 Å². The summed E-state index contributed by atoms with van der Waals surface area (Å²) >= 11 is 0. The van der Waals surface area contributed by atoms with Crippen molar-refractivity contribution in [2.45, 2.75) is 44.8 Å². The zero-order valence-corrected chi connectivity index (χ0v) is 12.2. The van der Waals surface area contributed by atoms with E-state index in [-0.39, 0.29) is 0 Å². The first kappa shape index (κ1) is 14.0. The average Bonchev–Trinajstić information content (AvgIpc) is 3.12. The fraction of sp³-hybridized carbons (Fsp3) is 0.857. The highest BCUT2D eigenvalue weighted by Gasteiger charge is 2.26. The van der Waals surface area contributed by atoms with E-state index < -0.39 is 0 Å². The fourth-order valence-corrected chi connectivity index (χ4v) is 3.44. The van der Waals surface area contributed by atoms with Gasteiger partial charge >= 0.3 is 0 Å². The van der Waals surface area contributed by atoms with Crippen molar-refractivity contribution in [2.75, 3.05) is 32.7 Å². The minimum absolute atomic E-state index is 0.614. The molecule has 1 aliphatic carbocycles. The van der Waals surface area contributed by atoms with Crippen LogP contribution in [0, 0.1) is 0 Å². The van der Waals surface area contributed by atoms with Gasteiger partial charge in [0.1, 0.15) is 0 Å². The molecule has 1 saturated heterocycles. The van der Waals surface area contributed by atoms with Gasteiger partial charge in [-0.2, -0.15) is 0 Å². The molecule has 1 aromatic rings. The van der Waals surface area contributed by atoms with Gasteiger partial charge in [0.15, 0.2) is 0 Å². The Morgan fingerprint density at radius 3 is 2.60 bits per heavy atom. The second-order valence-electron chi connectivity index (χ2n) is 6.01. The predicted octanol–water partition coefficient (Wildman–Crippen LogP) is 0.297. The summed E-state index contributed by atoms with van der Waals surface area (Å²) in [6, 6.07) is 0.863. The molecule has 3 rings (SSSR count). The van der Waals surface area contributed by atoms with Crippen molar-refractivity contribution >= 4 is 0 Å². The van der Waals surface area contributed by atoms with Crippen LogP contribution in [0.4, 0.5) is 0 Å². The Kier molecular flexibility index (Phi) is 4.65. The average molecular weight is 278 g/mol. The molecule has 0 amide bonds. The number of hydrogen-bond donors (Lipinski definition) is 1. The number of piperazine rings is 1. The molecule has 1 aliphatic heterocycles. The van der Waals surface area contributed by atoms with Gasteiger partial charge in [-0.25, -0.2) is 0 Å². The maximum Gasteiger partial charge on any atom is 0.0967 e. The van der Waals surface area contributed by atoms with Gasteiger partial charge in [-0.3, -0.25) is 14.5 Å². The molecule has 6 nitrogen and oxygen atoms in total. The number of aromatic nitrogens is 3. The largest absolute Gasteiger partial charge is 0.329 e. The Morgan fingerprint density at radius 2 is 1.90 bits per heavy atom. The Bertz CT molecular complexity index is 404. The molecule has 2 aliphatic rings. The summed E-state index contributed by atoms with van der Waals surface area (Å²) in [5.41, 5.74) is 6.59. The number of hydrogen-bond acceptors (Lipinski definition) is 5. The van der Waals surface area contributed by atoms with Crippen molar-refractivity contribution in [3.05, 3.63) is 11.9 Å². The lowest BCUT2D eigenvalue weighted by molar-refractivity contribution is 0.0929. The van der Waals surface area contributed by atoms with Crippen molar-refractivity contribution in [1.82, 2.24) is 24.8 Å². The minimum Gasteiger partial charge on any atom is -0.329 e. The molecule has 2 fully saturated rings. The molecular weight excluding hydrogens is 252 g/mol. The highest BCUT2D eigenvalue weighted by Crippen LogP contribution is 2.24. The zero-order chi connectivity index (χ0) is 13.8. The van der Waals surface area contributed by atoms with Crippen LogP contribution >= 0.6 is 0 Å². The zero-order valence-electron chi connectivity index (χ0n) is 12.2. The van der Waals surface area contributed by atoms with Crippen LogP contribution in [-0.2, 0) is 13.1 Å². The molecule has 0 radical (unpaired) electrons. The van der Waals surface area contributed by atoms with E-state index in [0.29, 0.717) is 6.54 Å². The SMILES string of the molecule is NCCn1cc(CN2CCN(C3CCCC3)CC2)nn1. The summed E-state index contributed by atoms with van der Waals surface area (Å²) in [5.74, 6) is 0. The van der Waals surface area contributed by atoms with Gasteiger partial charge in [-0.1, -0.05) is 18.1 Å². The predicted molar refractivity (Wildman–Crippen MR) is 78.2 cm³/mol. The molecule has 0 unspecified atom stereocenters. The smallest absolute Gasteiger partial charge is 0.0967 e. The molecule has 0 spiro atoms. The normalized spacial score (nSPS) is 22.6. The van der Waals surface area contributed by atoms with E-state index in [1.807, 2.05) is 10.9 Å². The molecule has 2 heterocycles. The summed E-state index contributed by atoms with van der Waals surface area (Å²) in [4.78, 5) is 5.18. The van der Waals surface area contributed by atoms with Gasteiger partial charge in [0, 0.05) is 51.5 Å². The molecule has 6 heteroatoms. The standard InChI is InChI=1S/C14H26N6/c15-5-6-20-12-13(16-17-20)11-18-7-9-19(10-8-18)14-3-1-2-4-14/h12,14H,1-11,15H2. The highest BCUT2D eigenvalue weighted by atomic mass is 15.4. The van der Waals surface area contributed by atoms with Crippen LogP contribution in [0.3, 0.4) is 0 Å². The lowest BCUT2D eigenvalue weighted by atomic mass is 10.2. The molecule has 0 bridgehead atoms. The van der Waals surface area contributed by atoms with Crippen molar-refractivity contribution in [2.24, 2.45) is 5.73 Å². The minimum atomic E-state index is 0.614. The van der Waals surface area contributed by atoms with E-state index in [1.54, 1.807) is 0 Å². The van der Waals surface area contributed by atoms with Crippen molar-refractivity contribution in [3.63, 3.8) is 0 Å². The molecule has 1 aromatic heterocycles. The van der Waals surface area contributed by atoms with Crippen LogP contribution < -0.4 is 5.73 Å². The lowest BCUT2D eigenvalue weighted by Crippen LogP contribution is -2.49. The first-order valence-corrected chi connectivity index (χ1v) is 7.90. The highest BCUT2D eigenvalue weighted by molar-refractivity contribution is 4.93. The number of nitrogens with two attached hydrogens (primary N) is 1. The van der Waals surface area contributed by atoms with Gasteiger partial charge in [-0.05, 0) is 12.8 Å². The number of rotatable bonds is 5. The maximum atomic E-state index is 5.52. The van der Waals surface area contributed by atoms with Gasteiger partial charge in [-0.15, -0.1) is 5.10 Å². The van der Waals surface area contributed by atoms with E-state index in [2.05, 4.69) is 20.1 Å². The Morgan fingerprint density at radius 1 is 1.15 bits per heavy atom. The molecule has 2 N–H and O–H groups in total. The molecule has 0 atom stereocenters. The summed E-state index contributed by atoms with van der Waals surface area (Å²) in [6.45, 7) is 7.01. The number of nitrogens with zero attached hydrogens (tertiary/aromatic N) is 5. The van der Waals surface area contributed by atoms with Crippen LogP contribution in [0.25, 0.3) is 0 Å². The summed E-state index contributed by atoms with van der Waals surface area (Å²) in [6.07, 6.45) is 7.70. The first-order valence-electron chi connectivity index (χ1n) is 7.90. The van der Waals surface area contributed by atoms with Crippen LogP contribution in [0.5, 0.6) is 0 Å². The molecular formula is C14H26N6. The Labute approximate surface area is 120 Å². The summed E-state index contributed by atoms with van der Waals surface area (Å²) < 4.78 is 1.84. The maximum absolute atomic E-state index is 5.52. The van der Waals surface area contributed by atoms with Gasteiger partial charge in [0.05, 0.1) is 12.2 Å². The van der Waals surface area contributed by atoms with E-state index in [0.717, 1.165) is 37.9 Å². The van der Waals surface area contributed by atoms with Crippen LogP contribution in [0.1, 0.15) is 31.4 Å². The van der Waals surface area contributed by atoms with Crippen LogP contribution in [0.2, 0.25) is 0 Å².